The lowest BCUT2D eigenvalue weighted by molar-refractivity contribution is -0.193. The normalized spacial score (nSPS) is 26.7. The first-order chi connectivity index (χ1) is 9.93. The van der Waals surface area contributed by atoms with Crippen molar-refractivity contribution in [3.05, 3.63) is 0 Å². The van der Waals surface area contributed by atoms with Crippen molar-refractivity contribution in [2.45, 2.75) is 69.8 Å². The number of hydrogen-bond acceptors (Lipinski definition) is 3. The molecule has 124 valence electrons. The molecule has 0 radical (unpaired) electrons. The van der Waals surface area contributed by atoms with Crippen LogP contribution in [0.2, 0.25) is 0 Å². The molecule has 2 heterocycles. The Morgan fingerprint density at radius 2 is 1.62 bits per heavy atom. The summed E-state index contributed by atoms with van der Waals surface area (Å²) in [5, 5.41) is 0. The number of piperidine rings is 2. The molecule has 2 aliphatic heterocycles. The molecule has 0 spiro atoms. The lowest BCUT2D eigenvalue weighted by atomic mass is 9.96. The first-order valence-corrected chi connectivity index (χ1v) is 8.24. The Kier molecular flexibility index (Phi) is 5.91. The standard InChI is InChI=1S/C15H28F3N3/c1-2-13(19)14(15(16,17)18)21-10-6-12(7-11-21)20-8-4-3-5-9-20/h12-14H,2-11,19H2,1H3. The molecule has 2 N–H and O–H groups in total. The molecule has 2 fully saturated rings. The number of alkyl halides is 3. The maximum absolute atomic E-state index is 13.3. The number of halogens is 3. The van der Waals surface area contributed by atoms with E-state index < -0.39 is 18.3 Å². The van der Waals surface area contributed by atoms with E-state index in [0.717, 1.165) is 25.9 Å². The number of nitrogens with two attached hydrogens (primary N) is 1. The van der Waals surface area contributed by atoms with Crippen LogP contribution in [0.1, 0.15) is 45.4 Å². The molecular weight excluding hydrogens is 279 g/mol. The summed E-state index contributed by atoms with van der Waals surface area (Å²) in [5.41, 5.74) is 5.74. The highest BCUT2D eigenvalue weighted by Gasteiger charge is 2.47. The summed E-state index contributed by atoms with van der Waals surface area (Å²) in [6, 6.07) is -1.84. The molecule has 6 heteroatoms. The molecule has 0 aromatic carbocycles. The lowest BCUT2D eigenvalue weighted by Gasteiger charge is -2.44. The molecule has 0 aromatic heterocycles. The molecular formula is C15H28F3N3. The molecule has 2 unspecified atom stereocenters. The SMILES string of the molecule is CCC(N)C(N1CCC(N2CCCCC2)CC1)C(F)(F)F. The Labute approximate surface area is 125 Å². The van der Waals surface area contributed by atoms with E-state index >= 15 is 0 Å². The second-order valence-corrected chi connectivity index (χ2v) is 6.42. The van der Waals surface area contributed by atoms with Gasteiger partial charge in [-0.15, -0.1) is 0 Å². The van der Waals surface area contributed by atoms with Crippen molar-refractivity contribution in [3.63, 3.8) is 0 Å². The van der Waals surface area contributed by atoms with Crippen LogP contribution in [-0.4, -0.2) is 60.3 Å². The molecule has 0 aliphatic carbocycles. The number of hydrogen-bond donors (Lipinski definition) is 1. The fraction of sp³-hybridized carbons (Fsp3) is 1.00. The summed E-state index contributed by atoms with van der Waals surface area (Å²) >= 11 is 0. The van der Waals surface area contributed by atoms with Gasteiger partial charge >= 0.3 is 6.18 Å². The fourth-order valence-corrected chi connectivity index (χ4v) is 3.76. The van der Waals surface area contributed by atoms with Gasteiger partial charge in [0.25, 0.3) is 0 Å². The van der Waals surface area contributed by atoms with Gasteiger partial charge in [0.05, 0.1) is 0 Å². The zero-order valence-electron chi connectivity index (χ0n) is 12.9. The van der Waals surface area contributed by atoms with Crippen molar-refractivity contribution < 1.29 is 13.2 Å². The topological polar surface area (TPSA) is 32.5 Å². The molecule has 21 heavy (non-hydrogen) atoms. The van der Waals surface area contributed by atoms with E-state index in [1.54, 1.807) is 11.8 Å². The Balaban J connectivity index is 1.91. The van der Waals surface area contributed by atoms with E-state index in [9.17, 15) is 13.2 Å². The van der Waals surface area contributed by atoms with E-state index in [4.69, 9.17) is 5.73 Å². The third kappa shape index (κ3) is 4.33. The first-order valence-electron chi connectivity index (χ1n) is 8.24. The summed E-state index contributed by atoms with van der Waals surface area (Å²) in [6.07, 6.45) is 1.55. The second kappa shape index (κ2) is 7.29. The summed E-state index contributed by atoms with van der Waals surface area (Å²) in [5.74, 6) is 0. The average Bonchev–Trinajstić information content (AvgIpc) is 2.47. The highest BCUT2D eigenvalue weighted by molar-refractivity contribution is 4.91. The van der Waals surface area contributed by atoms with E-state index in [-0.39, 0.29) is 0 Å². The molecule has 0 bridgehead atoms. The Morgan fingerprint density at radius 1 is 1.05 bits per heavy atom. The van der Waals surface area contributed by atoms with Crippen LogP contribution in [-0.2, 0) is 0 Å². The number of rotatable bonds is 4. The van der Waals surface area contributed by atoms with Crippen LogP contribution in [0.5, 0.6) is 0 Å². The molecule has 2 saturated heterocycles. The Morgan fingerprint density at radius 3 is 2.10 bits per heavy atom. The first kappa shape index (κ1) is 17.0. The maximum Gasteiger partial charge on any atom is 0.405 e. The quantitative estimate of drug-likeness (QED) is 0.866. The van der Waals surface area contributed by atoms with Crippen LogP contribution in [0.3, 0.4) is 0 Å². The fourth-order valence-electron chi connectivity index (χ4n) is 3.76. The van der Waals surface area contributed by atoms with Gasteiger partial charge in [-0.05, 0) is 45.2 Å². The molecule has 2 aliphatic rings. The maximum atomic E-state index is 13.3. The van der Waals surface area contributed by atoms with Crippen LogP contribution in [0, 0.1) is 0 Å². The zero-order chi connectivity index (χ0) is 15.5. The minimum absolute atomic E-state index is 0.357. The van der Waals surface area contributed by atoms with E-state index in [0.29, 0.717) is 25.6 Å². The summed E-state index contributed by atoms with van der Waals surface area (Å²) in [4.78, 5) is 4.04. The van der Waals surface area contributed by atoms with Gasteiger partial charge in [-0.25, -0.2) is 0 Å². The second-order valence-electron chi connectivity index (χ2n) is 6.42. The van der Waals surface area contributed by atoms with E-state index in [2.05, 4.69) is 4.90 Å². The third-order valence-corrected chi connectivity index (χ3v) is 5.01. The third-order valence-electron chi connectivity index (χ3n) is 5.01. The predicted octanol–water partition coefficient (Wildman–Crippen LogP) is 2.60. The van der Waals surface area contributed by atoms with Gasteiger partial charge in [-0.3, -0.25) is 4.90 Å². The van der Waals surface area contributed by atoms with Gasteiger partial charge in [0.15, 0.2) is 0 Å². The monoisotopic (exact) mass is 307 g/mol. The molecule has 0 aromatic rings. The Hall–Kier alpha value is -0.330. The highest BCUT2D eigenvalue weighted by atomic mass is 19.4. The van der Waals surface area contributed by atoms with Gasteiger partial charge in [0.2, 0.25) is 0 Å². The van der Waals surface area contributed by atoms with E-state index in [1.165, 1.54) is 19.3 Å². The van der Waals surface area contributed by atoms with Gasteiger partial charge < -0.3 is 10.6 Å². The van der Waals surface area contributed by atoms with Gasteiger partial charge in [-0.2, -0.15) is 13.2 Å². The lowest BCUT2D eigenvalue weighted by Crippen LogP contribution is -2.59. The summed E-state index contributed by atoms with van der Waals surface area (Å²) in [6.45, 7) is 4.98. The van der Waals surface area contributed by atoms with Gasteiger partial charge in [0.1, 0.15) is 6.04 Å². The molecule has 0 amide bonds. The van der Waals surface area contributed by atoms with Gasteiger partial charge in [0, 0.05) is 25.2 Å². The minimum atomic E-state index is -4.23. The summed E-state index contributed by atoms with van der Waals surface area (Å²) < 4.78 is 39.8. The summed E-state index contributed by atoms with van der Waals surface area (Å²) in [7, 11) is 0. The minimum Gasteiger partial charge on any atom is -0.326 e. The van der Waals surface area contributed by atoms with Crippen molar-refractivity contribution in [2.24, 2.45) is 5.73 Å². The predicted molar refractivity (Wildman–Crippen MR) is 78.1 cm³/mol. The van der Waals surface area contributed by atoms with Crippen LogP contribution in [0.25, 0.3) is 0 Å². The smallest absolute Gasteiger partial charge is 0.326 e. The zero-order valence-corrected chi connectivity index (χ0v) is 12.9. The van der Waals surface area contributed by atoms with Crippen molar-refractivity contribution in [2.75, 3.05) is 26.2 Å². The van der Waals surface area contributed by atoms with Crippen LogP contribution >= 0.6 is 0 Å². The molecule has 2 atom stereocenters. The Bertz CT molecular complexity index is 308. The van der Waals surface area contributed by atoms with Crippen molar-refractivity contribution in [3.8, 4) is 0 Å². The molecule has 3 nitrogen and oxygen atoms in total. The van der Waals surface area contributed by atoms with E-state index in [1.807, 2.05) is 0 Å². The average molecular weight is 307 g/mol. The largest absolute Gasteiger partial charge is 0.405 e. The van der Waals surface area contributed by atoms with Crippen molar-refractivity contribution >= 4 is 0 Å². The van der Waals surface area contributed by atoms with Crippen LogP contribution in [0.15, 0.2) is 0 Å². The highest BCUT2D eigenvalue weighted by Crippen LogP contribution is 2.31. The van der Waals surface area contributed by atoms with Crippen molar-refractivity contribution in [1.29, 1.82) is 0 Å². The molecule has 2 rings (SSSR count). The number of nitrogens with zero attached hydrogens (tertiary/aromatic N) is 2. The number of likely N-dealkylation sites (tertiary alicyclic amines) is 2. The van der Waals surface area contributed by atoms with Crippen molar-refractivity contribution in [1.82, 2.24) is 9.80 Å². The molecule has 0 saturated carbocycles. The van der Waals surface area contributed by atoms with Crippen LogP contribution < -0.4 is 5.73 Å². The van der Waals surface area contributed by atoms with Gasteiger partial charge in [-0.1, -0.05) is 13.3 Å². The van der Waals surface area contributed by atoms with Crippen LogP contribution in [0.4, 0.5) is 13.2 Å².